The summed E-state index contributed by atoms with van der Waals surface area (Å²) in [7, 11) is -3.88. The molecule has 1 unspecified atom stereocenters. The Morgan fingerprint density at radius 3 is 2.14 bits per heavy atom. The van der Waals surface area contributed by atoms with Crippen molar-refractivity contribution >= 4 is 67.9 Å². The molecule has 3 amide bonds. The number of nitrogens with one attached hydrogen (secondary N) is 4. The standard InChI is InChI=1S/C38H31N5O5S2/c39-50(47,48)31-20-18-28(19-21-31)41-38(46)35(25-10-3-1-4-11-25)49-30-15-9-14-29(23-30)42-37(45)34(43-36(44)26-12-5-2-6-13-26)22-27-24-40-33-17-8-7-16-32(27)33/h1-24,35,40H,(H,41,46)(H,42,45)(H,43,44)(H2,39,47,48)/b34-22-. The summed E-state index contributed by atoms with van der Waals surface area (Å²) in [6.45, 7) is 0. The molecule has 10 nitrogen and oxygen atoms in total. The zero-order valence-electron chi connectivity index (χ0n) is 26.4. The fourth-order valence-corrected chi connectivity index (χ4v) is 6.73. The van der Waals surface area contributed by atoms with Crippen LogP contribution in [0.4, 0.5) is 11.4 Å². The third kappa shape index (κ3) is 8.36. The maximum absolute atomic E-state index is 13.8. The number of rotatable bonds is 11. The van der Waals surface area contributed by atoms with Gasteiger partial charge in [-0.05, 0) is 72.3 Å². The second-order valence-electron chi connectivity index (χ2n) is 11.1. The number of nitrogens with two attached hydrogens (primary N) is 1. The number of anilines is 2. The van der Waals surface area contributed by atoms with Gasteiger partial charge in [-0.2, -0.15) is 0 Å². The van der Waals surface area contributed by atoms with Crippen molar-refractivity contribution in [1.29, 1.82) is 0 Å². The van der Waals surface area contributed by atoms with Gasteiger partial charge in [-0.3, -0.25) is 14.4 Å². The minimum atomic E-state index is -3.88. The minimum Gasteiger partial charge on any atom is -0.361 e. The first-order valence-electron chi connectivity index (χ1n) is 15.3. The van der Waals surface area contributed by atoms with Gasteiger partial charge in [0, 0.05) is 44.5 Å². The predicted molar refractivity (Wildman–Crippen MR) is 197 cm³/mol. The fourth-order valence-electron chi connectivity index (χ4n) is 5.13. The molecule has 0 aliphatic rings. The maximum Gasteiger partial charge on any atom is 0.272 e. The van der Waals surface area contributed by atoms with Crippen LogP contribution in [0.5, 0.6) is 0 Å². The number of sulfonamides is 1. The number of benzene rings is 5. The van der Waals surface area contributed by atoms with Gasteiger partial charge < -0.3 is 20.9 Å². The molecular formula is C38H31N5O5S2. The van der Waals surface area contributed by atoms with E-state index in [1.807, 2.05) is 60.7 Å². The van der Waals surface area contributed by atoms with Crippen LogP contribution in [-0.2, 0) is 19.6 Å². The molecule has 50 heavy (non-hydrogen) atoms. The Labute approximate surface area is 292 Å². The molecule has 0 saturated carbocycles. The molecule has 0 aliphatic heterocycles. The van der Waals surface area contributed by atoms with Gasteiger partial charge in [0.05, 0.1) is 4.90 Å². The summed E-state index contributed by atoms with van der Waals surface area (Å²) in [5, 5.41) is 13.9. The maximum atomic E-state index is 13.8. The summed E-state index contributed by atoms with van der Waals surface area (Å²) >= 11 is 1.27. The fraction of sp³-hybridized carbons (Fsp3) is 0.0263. The van der Waals surface area contributed by atoms with Crippen molar-refractivity contribution < 1.29 is 22.8 Å². The van der Waals surface area contributed by atoms with Crippen LogP contribution in [0.2, 0.25) is 0 Å². The molecule has 0 saturated heterocycles. The van der Waals surface area contributed by atoms with E-state index in [9.17, 15) is 22.8 Å². The van der Waals surface area contributed by atoms with E-state index in [4.69, 9.17) is 5.14 Å². The Balaban J connectivity index is 1.24. The molecule has 0 radical (unpaired) electrons. The highest BCUT2D eigenvalue weighted by Crippen LogP contribution is 2.37. The number of carbonyl (C=O) groups excluding carboxylic acids is 3. The van der Waals surface area contributed by atoms with Crippen molar-refractivity contribution in [3.8, 4) is 0 Å². The molecule has 6 rings (SSSR count). The molecule has 250 valence electrons. The monoisotopic (exact) mass is 701 g/mol. The Bertz CT molecular complexity index is 2310. The van der Waals surface area contributed by atoms with Gasteiger partial charge in [-0.15, -0.1) is 11.8 Å². The largest absolute Gasteiger partial charge is 0.361 e. The summed E-state index contributed by atoms with van der Waals surface area (Å²) in [6.07, 6.45) is 3.39. The number of H-pyrrole nitrogens is 1. The number of hydrogen-bond acceptors (Lipinski definition) is 6. The number of para-hydroxylation sites is 1. The van der Waals surface area contributed by atoms with Crippen molar-refractivity contribution in [3.63, 3.8) is 0 Å². The molecule has 1 atom stereocenters. The lowest BCUT2D eigenvalue weighted by molar-refractivity contribution is -0.116. The van der Waals surface area contributed by atoms with Crippen LogP contribution >= 0.6 is 11.8 Å². The van der Waals surface area contributed by atoms with Crippen molar-refractivity contribution in [2.75, 3.05) is 10.6 Å². The van der Waals surface area contributed by atoms with E-state index in [1.54, 1.807) is 60.8 Å². The number of carbonyl (C=O) groups is 3. The molecular weight excluding hydrogens is 671 g/mol. The molecule has 0 fully saturated rings. The van der Waals surface area contributed by atoms with Crippen molar-refractivity contribution in [3.05, 3.63) is 162 Å². The van der Waals surface area contributed by atoms with Gasteiger partial charge in [-0.25, -0.2) is 13.6 Å². The molecule has 6 N–H and O–H groups in total. The van der Waals surface area contributed by atoms with E-state index in [2.05, 4.69) is 20.9 Å². The van der Waals surface area contributed by atoms with Crippen LogP contribution in [0.15, 0.2) is 155 Å². The zero-order chi connectivity index (χ0) is 35.1. The molecule has 0 spiro atoms. The van der Waals surface area contributed by atoms with Gasteiger partial charge in [0.15, 0.2) is 0 Å². The Morgan fingerprint density at radius 2 is 1.42 bits per heavy atom. The highest BCUT2D eigenvalue weighted by atomic mass is 32.2. The van der Waals surface area contributed by atoms with Gasteiger partial charge >= 0.3 is 0 Å². The lowest BCUT2D eigenvalue weighted by Crippen LogP contribution is -2.30. The lowest BCUT2D eigenvalue weighted by Gasteiger charge is -2.18. The topological polar surface area (TPSA) is 163 Å². The van der Waals surface area contributed by atoms with Crippen LogP contribution in [-0.4, -0.2) is 31.1 Å². The highest BCUT2D eigenvalue weighted by Gasteiger charge is 2.23. The zero-order valence-corrected chi connectivity index (χ0v) is 28.0. The third-order valence-electron chi connectivity index (χ3n) is 7.59. The van der Waals surface area contributed by atoms with E-state index < -0.39 is 27.1 Å². The van der Waals surface area contributed by atoms with Crippen LogP contribution < -0.4 is 21.1 Å². The quantitative estimate of drug-likeness (QED) is 0.0746. The first-order valence-corrected chi connectivity index (χ1v) is 17.8. The molecule has 6 aromatic rings. The Hall–Kier alpha value is -5.95. The van der Waals surface area contributed by atoms with Crippen molar-refractivity contribution in [1.82, 2.24) is 10.3 Å². The van der Waals surface area contributed by atoms with Crippen molar-refractivity contribution in [2.24, 2.45) is 5.14 Å². The van der Waals surface area contributed by atoms with E-state index in [1.165, 1.54) is 36.0 Å². The average molecular weight is 702 g/mol. The molecule has 1 heterocycles. The molecule has 5 aromatic carbocycles. The summed E-state index contributed by atoms with van der Waals surface area (Å²) in [5.41, 5.74) is 3.63. The summed E-state index contributed by atoms with van der Waals surface area (Å²) in [4.78, 5) is 44.4. The van der Waals surface area contributed by atoms with Crippen LogP contribution in [0, 0.1) is 0 Å². The van der Waals surface area contributed by atoms with Crippen LogP contribution in [0.3, 0.4) is 0 Å². The predicted octanol–water partition coefficient (Wildman–Crippen LogP) is 6.70. The summed E-state index contributed by atoms with van der Waals surface area (Å²) < 4.78 is 23.3. The highest BCUT2D eigenvalue weighted by molar-refractivity contribution is 8.00. The first kappa shape index (κ1) is 33.9. The Kier molecular flexibility index (Phi) is 10.2. The van der Waals surface area contributed by atoms with Gasteiger partial charge in [-0.1, -0.05) is 72.8 Å². The van der Waals surface area contributed by atoms with Gasteiger partial charge in [0.1, 0.15) is 10.9 Å². The first-order chi connectivity index (χ1) is 24.1. The second kappa shape index (κ2) is 15.1. The van der Waals surface area contributed by atoms with Gasteiger partial charge in [0.25, 0.3) is 11.8 Å². The second-order valence-corrected chi connectivity index (χ2v) is 13.9. The molecule has 12 heteroatoms. The number of aromatic amines is 1. The van der Waals surface area contributed by atoms with Gasteiger partial charge in [0.2, 0.25) is 15.9 Å². The normalized spacial score (nSPS) is 12.2. The van der Waals surface area contributed by atoms with E-state index in [0.29, 0.717) is 21.8 Å². The van der Waals surface area contributed by atoms with E-state index >= 15 is 0 Å². The van der Waals surface area contributed by atoms with Crippen molar-refractivity contribution in [2.45, 2.75) is 15.0 Å². The van der Waals surface area contributed by atoms with Crippen LogP contribution in [0.1, 0.15) is 26.7 Å². The average Bonchev–Trinajstić information content (AvgIpc) is 3.53. The van der Waals surface area contributed by atoms with E-state index in [0.717, 1.165) is 22.0 Å². The van der Waals surface area contributed by atoms with E-state index in [-0.39, 0.29) is 16.5 Å². The molecule has 0 aliphatic carbocycles. The molecule has 0 bridgehead atoms. The molecule has 1 aromatic heterocycles. The number of amides is 3. The lowest BCUT2D eigenvalue weighted by atomic mass is 10.1. The number of thioether (sulfide) groups is 1. The number of fused-ring (bicyclic) bond motifs is 1. The summed E-state index contributed by atoms with van der Waals surface area (Å²) in [6, 6.07) is 38.1. The number of primary sulfonamides is 1. The number of hydrogen-bond donors (Lipinski definition) is 5. The van der Waals surface area contributed by atoms with Crippen LogP contribution in [0.25, 0.3) is 17.0 Å². The minimum absolute atomic E-state index is 0.0386. The number of aromatic nitrogens is 1. The third-order valence-corrected chi connectivity index (χ3v) is 9.76. The SMILES string of the molecule is NS(=O)(=O)c1ccc(NC(=O)C(Sc2cccc(NC(=O)/C(=C/c3c[nH]c4ccccc34)NC(=O)c3ccccc3)c2)c2ccccc2)cc1. The summed E-state index contributed by atoms with van der Waals surface area (Å²) in [5.74, 6) is -1.32. The smallest absolute Gasteiger partial charge is 0.272 e. The Morgan fingerprint density at radius 1 is 0.740 bits per heavy atom.